The molecule has 0 atom stereocenters. The number of carbonyl (C=O) groups is 1. The zero-order valence-electron chi connectivity index (χ0n) is 9.35. The molecule has 6 nitrogen and oxygen atoms in total. The second kappa shape index (κ2) is 5.50. The number of aromatic amines is 1. The number of rotatable bonds is 4. The van der Waals surface area contributed by atoms with E-state index < -0.39 is 0 Å². The van der Waals surface area contributed by atoms with Crippen LogP contribution in [0.5, 0.6) is 5.75 Å². The fourth-order valence-electron chi connectivity index (χ4n) is 1.40. The smallest absolute Gasteiger partial charge is 0.251 e. The topological polar surface area (TPSA) is 90.9 Å². The van der Waals surface area contributed by atoms with Crippen LogP contribution >= 0.6 is 11.6 Å². The number of phenols is 1. The lowest BCUT2D eigenvalue weighted by Crippen LogP contribution is -2.25. The average molecular weight is 267 g/mol. The van der Waals surface area contributed by atoms with E-state index in [1.54, 1.807) is 6.20 Å². The molecular formula is C11H11ClN4O2. The SMILES string of the molecule is O=C(NCCc1cn[nH]n1)c1ccc(O)c(Cl)c1. The summed E-state index contributed by atoms with van der Waals surface area (Å²) in [4.78, 5) is 11.7. The first-order valence-corrected chi connectivity index (χ1v) is 5.66. The quantitative estimate of drug-likeness (QED) is 0.774. The summed E-state index contributed by atoms with van der Waals surface area (Å²) < 4.78 is 0. The number of H-pyrrole nitrogens is 1. The third kappa shape index (κ3) is 2.98. The number of carbonyl (C=O) groups excluding carboxylic acids is 1. The molecule has 0 saturated heterocycles. The lowest BCUT2D eigenvalue weighted by molar-refractivity contribution is 0.0954. The van der Waals surface area contributed by atoms with Crippen molar-refractivity contribution in [3.05, 3.63) is 40.7 Å². The van der Waals surface area contributed by atoms with Gasteiger partial charge in [-0.2, -0.15) is 15.4 Å². The van der Waals surface area contributed by atoms with Gasteiger partial charge < -0.3 is 10.4 Å². The molecule has 94 valence electrons. The Labute approximate surface area is 108 Å². The molecule has 1 amide bonds. The zero-order valence-corrected chi connectivity index (χ0v) is 10.1. The Balaban J connectivity index is 1.89. The number of hydrogen-bond donors (Lipinski definition) is 3. The van der Waals surface area contributed by atoms with Gasteiger partial charge in [0.15, 0.2) is 0 Å². The van der Waals surface area contributed by atoms with Gasteiger partial charge in [-0.05, 0) is 18.2 Å². The first kappa shape index (κ1) is 12.4. The van der Waals surface area contributed by atoms with Crippen molar-refractivity contribution in [2.45, 2.75) is 6.42 Å². The van der Waals surface area contributed by atoms with Crippen molar-refractivity contribution in [2.75, 3.05) is 6.54 Å². The van der Waals surface area contributed by atoms with E-state index in [9.17, 15) is 9.90 Å². The molecular weight excluding hydrogens is 256 g/mol. The Hall–Kier alpha value is -2.08. The number of amides is 1. The Morgan fingerprint density at radius 3 is 3.00 bits per heavy atom. The lowest BCUT2D eigenvalue weighted by Gasteiger charge is -2.05. The highest BCUT2D eigenvalue weighted by Crippen LogP contribution is 2.23. The highest BCUT2D eigenvalue weighted by atomic mass is 35.5. The Bertz CT molecular complexity index is 542. The molecule has 1 heterocycles. The summed E-state index contributed by atoms with van der Waals surface area (Å²) in [5.41, 5.74) is 1.18. The van der Waals surface area contributed by atoms with Crippen molar-refractivity contribution < 1.29 is 9.90 Å². The number of hydrogen-bond acceptors (Lipinski definition) is 4. The van der Waals surface area contributed by atoms with Crippen molar-refractivity contribution in [3.63, 3.8) is 0 Å². The van der Waals surface area contributed by atoms with Gasteiger partial charge in [0.05, 0.1) is 16.9 Å². The molecule has 0 saturated carbocycles. The maximum Gasteiger partial charge on any atom is 0.251 e. The molecule has 18 heavy (non-hydrogen) atoms. The number of phenolic OH excluding ortho intramolecular Hbond substituents is 1. The number of nitrogens with zero attached hydrogens (tertiary/aromatic N) is 2. The highest BCUT2D eigenvalue weighted by molar-refractivity contribution is 6.32. The standard InChI is InChI=1S/C11H11ClN4O2/c12-9-5-7(1-2-10(9)17)11(18)13-4-3-8-6-14-16-15-8/h1-2,5-6,17H,3-4H2,(H,13,18)(H,14,15,16). The second-order valence-corrected chi connectivity index (χ2v) is 4.04. The van der Waals surface area contributed by atoms with Gasteiger partial charge in [-0.15, -0.1) is 0 Å². The highest BCUT2D eigenvalue weighted by Gasteiger charge is 2.08. The molecule has 0 spiro atoms. The molecule has 2 rings (SSSR count). The molecule has 0 bridgehead atoms. The first-order chi connectivity index (χ1) is 8.66. The van der Waals surface area contributed by atoms with Crippen molar-refractivity contribution in [1.29, 1.82) is 0 Å². The third-order valence-corrected chi connectivity index (χ3v) is 2.64. The molecule has 1 aromatic carbocycles. The van der Waals surface area contributed by atoms with Crippen LogP contribution in [0.3, 0.4) is 0 Å². The molecule has 0 aliphatic rings. The number of aromatic hydroxyl groups is 1. The van der Waals surface area contributed by atoms with E-state index in [0.29, 0.717) is 18.5 Å². The average Bonchev–Trinajstić information content (AvgIpc) is 2.85. The van der Waals surface area contributed by atoms with Crippen LogP contribution in [0.25, 0.3) is 0 Å². The first-order valence-electron chi connectivity index (χ1n) is 5.28. The van der Waals surface area contributed by atoms with Crippen molar-refractivity contribution >= 4 is 17.5 Å². The summed E-state index contributed by atoms with van der Waals surface area (Å²) in [7, 11) is 0. The molecule has 0 radical (unpaired) electrons. The molecule has 3 N–H and O–H groups in total. The maximum atomic E-state index is 11.7. The summed E-state index contributed by atoms with van der Waals surface area (Å²) in [5.74, 6) is -0.295. The van der Waals surface area contributed by atoms with E-state index in [1.807, 2.05) is 0 Å². The number of aromatic nitrogens is 3. The third-order valence-electron chi connectivity index (χ3n) is 2.34. The minimum atomic E-state index is -0.250. The Morgan fingerprint density at radius 2 is 2.33 bits per heavy atom. The van der Waals surface area contributed by atoms with E-state index in [0.717, 1.165) is 5.69 Å². The monoisotopic (exact) mass is 266 g/mol. The van der Waals surface area contributed by atoms with Crippen LogP contribution in [0, 0.1) is 0 Å². The van der Waals surface area contributed by atoms with Gasteiger partial charge in [0, 0.05) is 18.5 Å². The van der Waals surface area contributed by atoms with Gasteiger partial charge in [-0.1, -0.05) is 11.6 Å². The van der Waals surface area contributed by atoms with Crippen LogP contribution in [-0.4, -0.2) is 33.0 Å². The molecule has 7 heteroatoms. The predicted molar refractivity (Wildman–Crippen MR) is 65.5 cm³/mol. The fraction of sp³-hybridized carbons (Fsp3) is 0.182. The molecule has 0 fully saturated rings. The lowest BCUT2D eigenvalue weighted by atomic mass is 10.2. The van der Waals surface area contributed by atoms with Crippen LogP contribution in [0.1, 0.15) is 16.1 Å². The minimum Gasteiger partial charge on any atom is -0.506 e. The summed E-state index contributed by atoms with van der Waals surface area (Å²) in [6.45, 7) is 0.448. The van der Waals surface area contributed by atoms with E-state index in [2.05, 4.69) is 20.7 Å². The fourth-order valence-corrected chi connectivity index (χ4v) is 1.58. The van der Waals surface area contributed by atoms with E-state index in [-0.39, 0.29) is 16.7 Å². The van der Waals surface area contributed by atoms with E-state index >= 15 is 0 Å². The summed E-state index contributed by atoms with van der Waals surface area (Å²) >= 11 is 5.72. The molecule has 1 aromatic heterocycles. The van der Waals surface area contributed by atoms with Gasteiger partial charge in [0.1, 0.15) is 5.75 Å². The van der Waals surface area contributed by atoms with Crippen LogP contribution in [0.2, 0.25) is 5.02 Å². The summed E-state index contributed by atoms with van der Waals surface area (Å²) in [6, 6.07) is 4.31. The minimum absolute atomic E-state index is 0.0455. The molecule has 2 aromatic rings. The zero-order chi connectivity index (χ0) is 13.0. The number of benzene rings is 1. The van der Waals surface area contributed by atoms with Crippen molar-refractivity contribution in [3.8, 4) is 5.75 Å². The van der Waals surface area contributed by atoms with Crippen LogP contribution in [0.15, 0.2) is 24.4 Å². The van der Waals surface area contributed by atoms with E-state index in [4.69, 9.17) is 11.6 Å². The summed E-state index contributed by atoms with van der Waals surface area (Å²) in [5, 5.41) is 22.1. The van der Waals surface area contributed by atoms with Crippen molar-refractivity contribution in [2.24, 2.45) is 0 Å². The largest absolute Gasteiger partial charge is 0.506 e. The van der Waals surface area contributed by atoms with Crippen LogP contribution < -0.4 is 5.32 Å². The number of nitrogens with one attached hydrogen (secondary N) is 2. The van der Waals surface area contributed by atoms with E-state index in [1.165, 1.54) is 18.2 Å². The summed E-state index contributed by atoms with van der Waals surface area (Å²) in [6.07, 6.45) is 2.19. The normalized spacial score (nSPS) is 10.3. The molecule has 0 aliphatic heterocycles. The molecule has 0 aliphatic carbocycles. The predicted octanol–water partition coefficient (Wildman–Crippen LogP) is 1.14. The number of halogens is 1. The van der Waals surface area contributed by atoms with Gasteiger partial charge in [0.25, 0.3) is 5.91 Å². The Morgan fingerprint density at radius 1 is 1.50 bits per heavy atom. The van der Waals surface area contributed by atoms with Crippen molar-refractivity contribution in [1.82, 2.24) is 20.7 Å². The van der Waals surface area contributed by atoms with Gasteiger partial charge in [-0.25, -0.2) is 0 Å². The van der Waals surface area contributed by atoms with Gasteiger partial charge >= 0.3 is 0 Å². The van der Waals surface area contributed by atoms with Gasteiger partial charge in [0.2, 0.25) is 0 Å². The molecule has 0 unspecified atom stereocenters. The second-order valence-electron chi connectivity index (χ2n) is 3.63. The van der Waals surface area contributed by atoms with Crippen LogP contribution in [0.4, 0.5) is 0 Å². The maximum absolute atomic E-state index is 11.7. The van der Waals surface area contributed by atoms with Crippen LogP contribution in [-0.2, 0) is 6.42 Å². The van der Waals surface area contributed by atoms with Gasteiger partial charge in [-0.3, -0.25) is 4.79 Å². The Kier molecular flexibility index (Phi) is 3.78.